The van der Waals surface area contributed by atoms with E-state index in [1.807, 2.05) is 0 Å². The van der Waals surface area contributed by atoms with E-state index in [0.717, 1.165) is 19.2 Å². The number of hydrogen-bond donors (Lipinski definition) is 0. The van der Waals surface area contributed by atoms with Gasteiger partial charge in [0.2, 0.25) is 0 Å². The van der Waals surface area contributed by atoms with Crippen LogP contribution in [0.25, 0.3) is 0 Å². The first-order valence-electron chi connectivity index (χ1n) is 7.42. The van der Waals surface area contributed by atoms with Crippen molar-refractivity contribution in [1.82, 2.24) is 4.90 Å². The maximum absolute atomic E-state index is 14.3. The molecule has 0 unspecified atom stereocenters. The average Bonchev–Trinajstić information content (AvgIpc) is 3.12. The highest BCUT2D eigenvalue weighted by Gasteiger charge is 2.57. The third-order valence-corrected chi connectivity index (χ3v) is 4.74. The molecule has 1 aromatic rings. The van der Waals surface area contributed by atoms with Crippen molar-refractivity contribution in [3.63, 3.8) is 0 Å². The van der Waals surface area contributed by atoms with Gasteiger partial charge in [-0.05, 0) is 12.1 Å². The zero-order valence-electron chi connectivity index (χ0n) is 13.3. The van der Waals surface area contributed by atoms with E-state index >= 15 is 0 Å². The monoisotopic (exact) mass is 341 g/mol. The molecular formula is C16H17F2NO5. The lowest BCUT2D eigenvalue weighted by molar-refractivity contribution is -0.153. The summed E-state index contributed by atoms with van der Waals surface area (Å²) in [5.41, 5.74) is -1.22. The van der Waals surface area contributed by atoms with Gasteiger partial charge in [-0.15, -0.1) is 0 Å². The van der Waals surface area contributed by atoms with E-state index in [1.54, 1.807) is 0 Å². The van der Waals surface area contributed by atoms with Crippen LogP contribution in [0.2, 0.25) is 0 Å². The Morgan fingerprint density at radius 2 is 2.08 bits per heavy atom. The summed E-state index contributed by atoms with van der Waals surface area (Å²) in [6.07, 6.45) is 0. The first-order valence-corrected chi connectivity index (χ1v) is 7.42. The first-order chi connectivity index (χ1) is 11.4. The molecule has 3 rings (SSSR count). The Balaban J connectivity index is 1.89. The summed E-state index contributed by atoms with van der Waals surface area (Å²) >= 11 is 0. The van der Waals surface area contributed by atoms with E-state index in [9.17, 15) is 18.4 Å². The van der Waals surface area contributed by atoms with Gasteiger partial charge in [-0.25, -0.2) is 8.78 Å². The molecular weight excluding hydrogens is 324 g/mol. The standard InChI is InChI=1S/C16H17F2NO5/c1-22-13-11(17)4-3-10(12(13)18)14(20)19-5-9-6-24-8-16(9,7-19)15(21)23-2/h3-4,9H,5-8H2,1-2H3/t9-,16-/m0/s1. The van der Waals surface area contributed by atoms with E-state index in [-0.39, 0.29) is 31.2 Å². The van der Waals surface area contributed by atoms with Gasteiger partial charge < -0.3 is 19.1 Å². The number of carbonyl (C=O) groups is 2. The minimum Gasteiger partial charge on any atom is -0.491 e. The molecule has 130 valence electrons. The number of hydrogen-bond acceptors (Lipinski definition) is 5. The van der Waals surface area contributed by atoms with Gasteiger partial charge in [-0.3, -0.25) is 9.59 Å². The highest BCUT2D eigenvalue weighted by atomic mass is 19.1. The zero-order valence-corrected chi connectivity index (χ0v) is 13.3. The third kappa shape index (κ3) is 2.32. The van der Waals surface area contributed by atoms with Crippen molar-refractivity contribution in [3.05, 3.63) is 29.3 Å². The molecule has 2 aliphatic heterocycles. The van der Waals surface area contributed by atoms with Crippen LogP contribution in [0.15, 0.2) is 12.1 Å². The predicted octanol–water partition coefficient (Wildman–Crippen LogP) is 1.23. The van der Waals surface area contributed by atoms with Crippen molar-refractivity contribution in [3.8, 4) is 5.75 Å². The number of benzene rings is 1. The van der Waals surface area contributed by atoms with Crippen LogP contribution in [0.4, 0.5) is 8.78 Å². The number of methoxy groups -OCH3 is 2. The lowest BCUT2D eigenvalue weighted by atomic mass is 9.81. The highest BCUT2D eigenvalue weighted by molar-refractivity contribution is 5.96. The van der Waals surface area contributed by atoms with E-state index in [2.05, 4.69) is 4.74 Å². The first kappa shape index (κ1) is 16.6. The summed E-state index contributed by atoms with van der Waals surface area (Å²) in [4.78, 5) is 26.2. The maximum atomic E-state index is 14.3. The molecule has 24 heavy (non-hydrogen) atoms. The van der Waals surface area contributed by atoms with E-state index < -0.39 is 34.7 Å². The number of esters is 1. The lowest BCUT2D eigenvalue weighted by Crippen LogP contribution is -2.41. The van der Waals surface area contributed by atoms with Crippen LogP contribution in [0.5, 0.6) is 5.75 Å². The minimum atomic E-state index is -1.05. The minimum absolute atomic E-state index is 0.0717. The van der Waals surface area contributed by atoms with Gasteiger partial charge in [0.1, 0.15) is 5.41 Å². The lowest BCUT2D eigenvalue weighted by Gasteiger charge is -2.24. The maximum Gasteiger partial charge on any atom is 0.316 e. The van der Waals surface area contributed by atoms with Crippen molar-refractivity contribution >= 4 is 11.9 Å². The number of ether oxygens (including phenoxy) is 3. The summed E-state index contributed by atoms with van der Waals surface area (Å²) in [7, 11) is 2.40. The molecule has 0 bridgehead atoms. The second kappa shape index (κ2) is 6.01. The number of fused-ring (bicyclic) bond motifs is 1. The van der Waals surface area contributed by atoms with Gasteiger partial charge in [-0.2, -0.15) is 0 Å². The normalized spacial score (nSPS) is 25.5. The number of carbonyl (C=O) groups excluding carboxylic acids is 2. The average molecular weight is 341 g/mol. The van der Waals surface area contributed by atoms with Crippen molar-refractivity contribution < 1.29 is 32.6 Å². The Morgan fingerprint density at radius 3 is 2.75 bits per heavy atom. The Labute approximate surface area is 137 Å². The van der Waals surface area contributed by atoms with Gasteiger partial charge in [0.15, 0.2) is 17.4 Å². The summed E-state index contributed by atoms with van der Waals surface area (Å²) in [6.45, 7) is 0.798. The molecule has 1 aromatic carbocycles. The summed E-state index contributed by atoms with van der Waals surface area (Å²) < 4.78 is 42.7. The Morgan fingerprint density at radius 1 is 1.33 bits per heavy atom. The van der Waals surface area contributed by atoms with Crippen LogP contribution in [-0.4, -0.2) is 57.3 Å². The molecule has 2 aliphatic rings. The molecule has 1 amide bonds. The molecule has 2 fully saturated rings. The van der Waals surface area contributed by atoms with Crippen LogP contribution in [0, 0.1) is 23.0 Å². The fourth-order valence-electron chi connectivity index (χ4n) is 3.44. The van der Waals surface area contributed by atoms with Crippen LogP contribution in [0.1, 0.15) is 10.4 Å². The number of rotatable bonds is 3. The van der Waals surface area contributed by atoms with Gasteiger partial charge >= 0.3 is 5.97 Å². The summed E-state index contributed by atoms with van der Waals surface area (Å²) in [6, 6.07) is 2.05. The topological polar surface area (TPSA) is 65.1 Å². The summed E-state index contributed by atoms with van der Waals surface area (Å²) in [5.74, 6) is -3.82. The molecule has 0 aromatic heterocycles. The largest absolute Gasteiger partial charge is 0.491 e. The third-order valence-electron chi connectivity index (χ3n) is 4.74. The Bertz CT molecular complexity index is 695. The van der Waals surface area contributed by atoms with Gasteiger partial charge in [0, 0.05) is 19.0 Å². The van der Waals surface area contributed by atoms with E-state index in [1.165, 1.54) is 12.0 Å². The van der Waals surface area contributed by atoms with Crippen LogP contribution >= 0.6 is 0 Å². The van der Waals surface area contributed by atoms with Crippen LogP contribution in [-0.2, 0) is 14.3 Å². The van der Waals surface area contributed by atoms with Gasteiger partial charge in [-0.1, -0.05) is 0 Å². The molecule has 2 heterocycles. The number of nitrogens with zero attached hydrogens (tertiary/aromatic N) is 1. The predicted molar refractivity (Wildman–Crippen MR) is 77.6 cm³/mol. The number of halogens is 2. The van der Waals surface area contributed by atoms with E-state index in [4.69, 9.17) is 9.47 Å². The van der Waals surface area contributed by atoms with Gasteiger partial charge in [0.05, 0.1) is 33.0 Å². The molecule has 0 saturated carbocycles. The fraction of sp³-hybridized carbons (Fsp3) is 0.500. The second-order valence-corrected chi connectivity index (χ2v) is 5.99. The zero-order chi connectivity index (χ0) is 17.5. The summed E-state index contributed by atoms with van der Waals surface area (Å²) in [5, 5.41) is 0. The van der Waals surface area contributed by atoms with Crippen LogP contribution < -0.4 is 4.74 Å². The SMILES string of the molecule is COC(=O)[C@@]12COC[C@@H]1CN(C(=O)c1ccc(F)c(OC)c1F)C2. The molecule has 8 heteroatoms. The smallest absolute Gasteiger partial charge is 0.316 e. The van der Waals surface area contributed by atoms with E-state index in [0.29, 0.717) is 6.61 Å². The van der Waals surface area contributed by atoms with Crippen LogP contribution in [0.3, 0.4) is 0 Å². The quantitative estimate of drug-likeness (QED) is 0.774. The Kier molecular flexibility index (Phi) is 4.16. The molecule has 0 aliphatic carbocycles. The fourth-order valence-corrected chi connectivity index (χ4v) is 3.44. The number of amides is 1. The van der Waals surface area contributed by atoms with Crippen molar-refractivity contribution in [1.29, 1.82) is 0 Å². The molecule has 0 N–H and O–H groups in total. The van der Waals surface area contributed by atoms with Gasteiger partial charge in [0.25, 0.3) is 5.91 Å². The number of likely N-dealkylation sites (tertiary alicyclic amines) is 1. The molecule has 6 nitrogen and oxygen atoms in total. The van der Waals surface area contributed by atoms with Crippen molar-refractivity contribution in [2.24, 2.45) is 11.3 Å². The highest BCUT2D eigenvalue weighted by Crippen LogP contribution is 2.43. The molecule has 2 saturated heterocycles. The second-order valence-electron chi connectivity index (χ2n) is 5.99. The Hall–Kier alpha value is -2.22. The molecule has 0 spiro atoms. The van der Waals surface area contributed by atoms with Crippen molar-refractivity contribution in [2.75, 3.05) is 40.5 Å². The molecule has 2 atom stereocenters. The molecule has 0 radical (unpaired) electrons. The van der Waals surface area contributed by atoms with Crippen molar-refractivity contribution in [2.45, 2.75) is 0 Å².